The Morgan fingerprint density at radius 1 is 1.17 bits per heavy atom. The van der Waals surface area contributed by atoms with Crippen LogP contribution >= 0.6 is 0 Å². The summed E-state index contributed by atoms with van der Waals surface area (Å²) in [5.74, 6) is 0.943. The minimum atomic E-state index is -4.43. The van der Waals surface area contributed by atoms with Gasteiger partial charge in [-0.25, -0.2) is 19.9 Å². The molecule has 14 heteroatoms. The molecule has 11 nitrogen and oxygen atoms in total. The molecule has 3 aromatic rings. The molecule has 2 aliphatic heterocycles. The summed E-state index contributed by atoms with van der Waals surface area (Å²) in [5.41, 5.74) is 0.0849. The molecule has 3 N–H and O–H groups in total. The second kappa shape index (κ2) is 9.18. The molecule has 5 rings (SSSR count). The summed E-state index contributed by atoms with van der Waals surface area (Å²) in [6.45, 7) is 1.24. The number of hydrogen-bond donors (Lipinski definition) is 3. The van der Waals surface area contributed by atoms with Gasteiger partial charge in [-0.2, -0.15) is 13.2 Å². The van der Waals surface area contributed by atoms with E-state index in [0.29, 0.717) is 42.3 Å². The molecule has 0 aromatic carbocycles. The summed E-state index contributed by atoms with van der Waals surface area (Å²) in [6, 6.07) is 2.34. The minimum absolute atomic E-state index is 0.0523. The SMILES string of the molecule is COC[C@H]1OC(n2cnc3c(N[C@H]4CCN(c5ccc(C(F)(F)F)cn5)C4)ncnc32)[C@@H](O)[C@H]1O. The molecular formula is C21H24F3N7O4. The van der Waals surface area contributed by atoms with Gasteiger partial charge in [0.15, 0.2) is 23.2 Å². The van der Waals surface area contributed by atoms with Crippen LogP contribution in [0, 0.1) is 0 Å². The fourth-order valence-corrected chi connectivity index (χ4v) is 4.43. The van der Waals surface area contributed by atoms with E-state index in [9.17, 15) is 23.4 Å². The molecular weight excluding hydrogens is 471 g/mol. The van der Waals surface area contributed by atoms with Gasteiger partial charge in [0.25, 0.3) is 0 Å². The first-order valence-corrected chi connectivity index (χ1v) is 11.0. The molecule has 5 heterocycles. The van der Waals surface area contributed by atoms with Gasteiger partial charge in [0.1, 0.15) is 30.5 Å². The predicted molar refractivity (Wildman–Crippen MR) is 117 cm³/mol. The van der Waals surface area contributed by atoms with Crippen LogP contribution in [0.2, 0.25) is 0 Å². The second-order valence-corrected chi connectivity index (χ2v) is 8.53. The van der Waals surface area contributed by atoms with E-state index >= 15 is 0 Å². The van der Waals surface area contributed by atoms with Crippen LogP contribution in [0.1, 0.15) is 18.2 Å². The predicted octanol–water partition coefficient (Wildman–Crippen LogP) is 1.20. The Kier molecular flexibility index (Phi) is 6.21. The fraction of sp³-hybridized carbons (Fsp3) is 0.524. The average Bonchev–Trinajstić information content (AvgIpc) is 3.54. The first kappa shape index (κ1) is 23.7. The maximum absolute atomic E-state index is 12.8. The second-order valence-electron chi connectivity index (χ2n) is 8.53. The van der Waals surface area contributed by atoms with Crippen molar-refractivity contribution in [1.29, 1.82) is 0 Å². The van der Waals surface area contributed by atoms with Crippen molar-refractivity contribution in [3.8, 4) is 0 Å². The number of fused-ring (bicyclic) bond motifs is 1. The van der Waals surface area contributed by atoms with Crippen molar-refractivity contribution in [2.24, 2.45) is 0 Å². The van der Waals surface area contributed by atoms with Crippen molar-refractivity contribution in [2.45, 2.75) is 43.2 Å². The molecule has 0 amide bonds. The number of aromatic nitrogens is 5. The smallest absolute Gasteiger partial charge is 0.387 e. The molecule has 1 unspecified atom stereocenters. The highest BCUT2D eigenvalue weighted by atomic mass is 19.4. The quantitative estimate of drug-likeness (QED) is 0.459. The molecule has 3 aromatic heterocycles. The van der Waals surface area contributed by atoms with Crippen molar-refractivity contribution in [2.75, 3.05) is 37.0 Å². The summed E-state index contributed by atoms with van der Waals surface area (Å²) >= 11 is 0. The number of nitrogens with zero attached hydrogens (tertiary/aromatic N) is 6. The van der Waals surface area contributed by atoms with Gasteiger partial charge in [0.05, 0.1) is 18.5 Å². The third-order valence-electron chi connectivity index (χ3n) is 6.23. The maximum atomic E-state index is 12.8. The highest BCUT2D eigenvalue weighted by Gasteiger charge is 2.44. The topological polar surface area (TPSA) is 131 Å². The molecule has 0 spiro atoms. The number of nitrogens with one attached hydrogen (secondary N) is 1. The van der Waals surface area contributed by atoms with Gasteiger partial charge in [-0.3, -0.25) is 4.57 Å². The Hall–Kier alpha value is -3.07. The van der Waals surface area contributed by atoms with Gasteiger partial charge >= 0.3 is 6.18 Å². The largest absolute Gasteiger partial charge is 0.417 e. The van der Waals surface area contributed by atoms with Crippen molar-refractivity contribution in [1.82, 2.24) is 24.5 Å². The van der Waals surface area contributed by atoms with Crippen LogP contribution in [-0.4, -0.2) is 85.9 Å². The van der Waals surface area contributed by atoms with Gasteiger partial charge in [-0.05, 0) is 18.6 Å². The van der Waals surface area contributed by atoms with Gasteiger partial charge in [-0.1, -0.05) is 0 Å². The first-order chi connectivity index (χ1) is 16.8. The molecule has 188 valence electrons. The van der Waals surface area contributed by atoms with Crippen molar-refractivity contribution in [3.05, 3.63) is 36.5 Å². The zero-order chi connectivity index (χ0) is 24.7. The number of aliphatic hydroxyl groups is 2. The number of imidazole rings is 1. The minimum Gasteiger partial charge on any atom is -0.387 e. The lowest BCUT2D eigenvalue weighted by Crippen LogP contribution is -2.33. The van der Waals surface area contributed by atoms with Crippen molar-refractivity contribution in [3.63, 3.8) is 0 Å². The number of alkyl halides is 3. The maximum Gasteiger partial charge on any atom is 0.417 e. The number of rotatable bonds is 6. The van der Waals surface area contributed by atoms with E-state index in [-0.39, 0.29) is 12.6 Å². The molecule has 0 aliphatic carbocycles. The van der Waals surface area contributed by atoms with E-state index < -0.39 is 36.3 Å². The van der Waals surface area contributed by atoms with Crippen LogP contribution in [-0.2, 0) is 15.7 Å². The molecule has 0 radical (unpaired) electrons. The molecule has 0 bridgehead atoms. The van der Waals surface area contributed by atoms with Crippen LogP contribution in [0.15, 0.2) is 31.0 Å². The van der Waals surface area contributed by atoms with Crippen LogP contribution in [0.5, 0.6) is 0 Å². The summed E-state index contributed by atoms with van der Waals surface area (Å²) in [4.78, 5) is 18.8. The van der Waals surface area contributed by atoms with Gasteiger partial charge in [0, 0.05) is 32.4 Å². The highest BCUT2D eigenvalue weighted by molar-refractivity contribution is 5.83. The van der Waals surface area contributed by atoms with Crippen LogP contribution in [0.25, 0.3) is 11.2 Å². The van der Waals surface area contributed by atoms with Crippen molar-refractivity contribution >= 4 is 22.8 Å². The van der Waals surface area contributed by atoms with Crippen LogP contribution < -0.4 is 10.2 Å². The van der Waals surface area contributed by atoms with E-state index in [1.165, 1.54) is 25.8 Å². The summed E-state index contributed by atoms with van der Waals surface area (Å²) in [7, 11) is 1.48. The molecule has 5 atom stereocenters. The normalized spacial score (nSPS) is 27.1. The third-order valence-corrected chi connectivity index (χ3v) is 6.23. The van der Waals surface area contributed by atoms with E-state index in [2.05, 4.69) is 25.3 Å². The summed E-state index contributed by atoms with van der Waals surface area (Å²) in [5, 5.41) is 24.0. The first-order valence-electron chi connectivity index (χ1n) is 11.0. The van der Waals surface area contributed by atoms with Crippen molar-refractivity contribution < 1.29 is 32.9 Å². The van der Waals surface area contributed by atoms with Crippen LogP contribution in [0.3, 0.4) is 0 Å². The lowest BCUT2D eigenvalue weighted by Gasteiger charge is -2.19. The number of anilines is 2. The number of aliphatic hydroxyl groups excluding tert-OH is 2. The number of pyridine rings is 1. The molecule has 2 aliphatic rings. The highest BCUT2D eigenvalue weighted by Crippen LogP contribution is 2.33. The Bertz CT molecular complexity index is 1180. The summed E-state index contributed by atoms with van der Waals surface area (Å²) in [6.07, 6.45) is -3.96. The monoisotopic (exact) mass is 495 g/mol. The standard InChI is InChI=1S/C21H24F3N7O4/c1-34-8-13-16(32)17(33)20(35-13)31-10-28-15-18(26-9-27-19(15)31)29-12-4-5-30(7-12)14-3-2-11(6-25-14)21(22,23)24/h2-3,6,9-10,12-13,16-17,20,32-33H,4-5,7-8H2,1H3,(H,26,27,29)/t12-,13+,16-,17-,20?/m0/s1. The van der Waals surface area contributed by atoms with E-state index in [4.69, 9.17) is 9.47 Å². The Labute approximate surface area is 197 Å². The number of hydrogen-bond acceptors (Lipinski definition) is 10. The molecule has 2 fully saturated rings. The van der Waals surface area contributed by atoms with E-state index in [1.54, 1.807) is 4.57 Å². The Morgan fingerprint density at radius 3 is 2.71 bits per heavy atom. The summed E-state index contributed by atoms with van der Waals surface area (Å²) < 4.78 is 50.8. The Morgan fingerprint density at radius 2 is 2.00 bits per heavy atom. The third kappa shape index (κ3) is 4.49. The van der Waals surface area contributed by atoms with Gasteiger partial charge in [0.2, 0.25) is 0 Å². The lowest BCUT2D eigenvalue weighted by atomic mass is 10.1. The number of methoxy groups -OCH3 is 1. The molecule has 2 saturated heterocycles. The Balaban J connectivity index is 1.30. The number of ether oxygens (including phenoxy) is 2. The molecule has 0 saturated carbocycles. The fourth-order valence-electron chi connectivity index (χ4n) is 4.43. The van der Waals surface area contributed by atoms with E-state index in [1.807, 2.05) is 4.90 Å². The number of halogens is 3. The van der Waals surface area contributed by atoms with E-state index in [0.717, 1.165) is 12.3 Å². The average molecular weight is 495 g/mol. The van der Waals surface area contributed by atoms with Gasteiger partial charge in [-0.15, -0.1) is 0 Å². The zero-order valence-electron chi connectivity index (χ0n) is 18.6. The molecule has 35 heavy (non-hydrogen) atoms. The van der Waals surface area contributed by atoms with Gasteiger partial charge < -0.3 is 29.9 Å². The zero-order valence-corrected chi connectivity index (χ0v) is 18.6. The lowest BCUT2D eigenvalue weighted by molar-refractivity contribution is -0.137. The van der Waals surface area contributed by atoms with Crippen LogP contribution in [0.4, 0.5) is 24.8 Å².